The van der Waals surface area contributed by atoms with Gasteiger partial charge in [-0.05, 0) is 68.8 Å². The summed E-state index contributed by atoms with van der Waals surface area (Å²) in [6, 6.07) is 19.4. The van der Waals surface area contributed by atoms with Crippen molar-refractivity contribution in [3.63, 3.8) is 0 Å². The molecular weight excluding hydrogens is 458 g/mol. The lowest BCUT2D eigenvalue weighted by Crippen LogP contribution is -2.29. The zero-order chi connectivity index (χ0) is 26.0. The van der Waals surface area contributed by atoms with Crippen molar-refractivity contribution in [2.75, 3.05) is 12.0 Å². The van der Waals surface area contributed by atoms with Crippen LogP contribution < -0.4 is 9.64 Å². The van der Waals surface area contributed by atoms with Crippen LogP contribution in [0.2, 0.25) is 0 Å². The molecule has 36 heavy (non-hydrogen) atoms. The fourth-order valence-corrected chi connectivity index (χ4v) is 4.22. The zero-order valence-electron chi connectivity index (χ0n) is 20.5. The molecule has 3 aromatic rings. The van der Waals surface area contributed by atoms with E-state index in [1.807, 2.05) is 25.1 Å². The number of nitrogens with zero attached hydrogens (tertiary/aromatic N) is 1. The quantitative estimate of drug-likeness (QED) is 0.223. The molecule has 1 saturated heterocycles. The van der Waals surface area contributed by atoms with Gasteiger partial charge in [0.15, 0.2) is 0 Å². The first-order valence-corrected chi connectivity index (χ1v) is 11.5. The van der Waals surface area contributed by atoms with Gasteiger partial charge in [0.2, 0.25) is 0 Å². The Morgan fingerprint density at radius 2 is 1.64 bits per heavy atom. The summed E-state index contributed by atoms with van der Waals surface area (Å²) < 4.78 is 10.5. The van der Waals surface area contributed by atoms with Gasteiger partial charge >= 0.3 is 5.97 Å². The molecule has 0 bridgehead atoms. The van der Waals surface area contributed by atoms with E-state index in [9.17, 15) is 19.5 Å². The number of carbonyl (C=O) groups excluding carboxylic acids is 3. The van der Waals surface area contributed by atoms with Crippen LogP contribution in [0.1, 0.15) is 46.9 Å². The van der Waals surface area contributed by atoms with Crippen LogP contribution in [-0.4, -0.2) is 36.0 Å². The number of anilines is 1. The molecule has 1 aliphatic rings. The van der Waals surface area contributed by atoms with Gasteiger partial charge in [-0.25, -0.2) is 4.79 Å². The molecule has 1 atom stereocenters. The van der Waals surface area contributed by atoms with Crippen molar-refractivity contribution >= 4 is 29.1 Å². The lowest BCUT2D eigenvalue weighted by Gasteiger charge is -2.26. The Balaban J connectivity index is 1.88. The third-order valence-corrected chi connectivity index (χ3v) is 5.87. The molecule has 7 heteroatoms. The van der Waals surface area contributed by atoms with Crippen LogP contribution in [0.25, 0.3) is 5.76 Å². The van der Waals surface area contributed by atoms with Crippen LogP contribution in [-0.2, 0) is 14.3 Å². The number of ketones is 1. The minimum atomic E-state index is -0.900. The number of hydrogen-bond acceptors (Lipinski definition) is 6. The summed E-state index contributed by atoms with van der Waals surface area (Å²) in [6.45, 7) is 5.40. The average Bonchev–Trinajstić information content (AvgIpc) is 3.13. The highest BCUT2D eigenvalue weighted by Gasteiger charge is 2.47. The maximum Gasteiger partial charge on any atom is 0.338 e. The summed E-state index contributed by atoms with van der Waals surface area (Å²) in [5, 5.41) is 11.2. The van der Waals surface area contributed by atoms with E-state index in [0.717, 1.165) is 5.56 Å². The first kappa shape index (κ1) is 24.7. The van der Waals surface area contributed by atoms with Gasteiger partial charge in [-0.3, -0.25) is 14.5 Å². The molecule has 1 unspecified atom stereocenters. The summed E-state index contributed by atoms with van der Waals surface area (Å²) in [6.07, 6.45) is -0.313. The highest BCUT2D eigenvalue weighted by Crippen LogP contribution is 2.42. The van der Waals surface area contributed by atoms with Gasteiger partial charge < -0.3 is 14.6 Å². The maximum absolute atomic E-state index is 13.4. The molecule has 0 spiro atoms. The second-order valence-corrected chi connectivity index (χ2v) is 8.82. The molecule has 184 valence electrons. The van der Waals surface area contributed by atoms with E-state index in [-0.39, 0.29) is 23.0 Å². The molecule has 0 aromatic heterocycles. The predicted molar refractivity (Wildman–Crippen MR) is 136 cm³/mol. The van der Waals surface area contributed by atoms with Crippen molar-refractivity contribution in [1.29, 1.82) is 0 Å². The molecule has 3 aromatic carbocycles. The van der Waals surface area contributed by atoms with E-state index in [2.05, 4.69) is 0 Å². The second kappa shape index (κ2) is 10.1. The minimum Gasteiger partial charge on any atom is -0.507 e. The van der Waals surface area contributed by atoms with Crippen LogP contribution in [0.15, 0.2) is 78.4 Å². The summed E-state index contributed by atoms with van der Waals surface area (Å²) in [7, 11) is 1.53. The zero-order valence-corrected chi connectivity index (χ0v) is 20.5. The smallest absolute Gasteiger partial charge is 0.338 e. The Bertz CT molecular complexity index is 1360. The Labute approximate surface area is 209 Å². The largest absolute Gasteiger partial charge is 0.507 e. The first-order chi connectivity index (χ1) is 17.2. The van der Waals surface area contributed by atoms with Gasteiger partial charge in [0.05, 0.1) is 30.4 Å². The third kappa shape index (κ3) is 4.73. The Kier molecular flexibility index (Phi) is 6.92. The van der Waals surface area contributed by atoms with Crippen molar-refractivity contribution < 1.29 is 29.0 Å². The lowest BCUT2D eigenvalue weighted by atomic mass is 9.94. The molecule has 4 rings (SSSR count). The van der Waals surface area contributed by atoms with Crippen molar-refractivity contribution in [2.45, 2.75) is 32.9 Å². The Morgan fingerprint density at radius 1 is 0.944 bits per heavy atom. The highest BCUT2D eigenvalue weighted by atomic mass is 16.5. The maximum atomic E-state index is 13.4. The van der Waals surface area contributed by atoms with Gasteiger partial charge in [-0.2, -0.15) is 0 Å². The van der Waals surface area contributed by atoms with E-state index in [1.54, 1.807) is 62.4 Å². The Morgan fingerprint density at radius 3 is 2.28 bits per heavy atom. The highest BCUT2D eigenvalue weighted by molar-refractivity contribution is 6.51. The standard InChI is InChI=1S/C29H27NO6/c1-17(2)36-29(34)21-9-6-10-22(16-21)30-25(20-8-5-7-18(3)15-20)24(27(32)28(30)33)26(31)19-11-13-23(35-4)14-12-19/h5-17,25,31H,1-4H3/b26-24+. The molecule has 1 N–H and O–H groups in total. The van der Waals surface area contributed by atoms with Crippen LogP contribution in [0.4, 0.5) is 5.69 Å². The summed E-state index contributed by atoms with van der Waals surface area (Å²) in [5.74, 6) is -1.85. The van der Waals surface area contributed by atoms with Crippen LogP contribution in [0.3, 0.4) is 0 Å². The van der Waals surface area contributed by atoms with E-state index in [0.29, 0.717) is 22.6 Å². The topological polar surface area (TPSA) is 93.1 Å². The molecule has 7 nitrogen and oxygen atoms in total. The number of aliphatic hydroxyl groups is 1. The summed E-state index contributed by atoms with van der Waals surface area (Å²) >= 11 is 0. The third-order valence-electron chi connectivity index (χ3n) is 5.87. The van der Waals surface area contributed by atoms with Crippen LogP contribution in [0, 0.1) is 6.92 Å². The monoisotopic (exact) mass is 485 g/mol. The Hall–Kier alpha value is -4.39. The van der Waals surface area contributed by atoms with E-state index >= 15 is 0 Å². The van der Waals surface area contributed by atoms with Gasteiger partial charge in [0, 0.05) is 11.3 Å². The number of esters is 1. The van der Waals surface area contributed by atoms with Gasteiger partial charge in [0.1, 0.15) is 11.5 Å². The number of Topliss-reactive ketones (excluding diaryl/α,β-unsaturated/α-hetero) is 1. The molecule has 1 aliphatic heterocycles. The molecule has 1 amide bonds. The molecule has 1 heterocycles. The number of aryl methyl sites for hydroxylation is 1. The number of rotatable bonds is 6. The molecule has 0 radical (unpaired) electrons. The number of amides is 1. The number of carbonyl (C=O) groups is 3. The van der Waals surface area contributed by atoms with Crippen molar-refractivity contribution in [3.05, 3.63) is 101 Å². The van der Waals surface area contributed by atoms with E-state index in [4.69, 9.17) is 9.47 Å². The number of aliphatic hydroxyl groups excluding tert-OH is 1. The number of benzene rings is 3. The van der Waals surface area contributed by atoms with Gasteiger partial charge in [-0.15, -0.1) is 0 Å². The predicted octanol–water partition coefficient (Wildman–Crippen LogP) is 5.20. The van der Waals surface area contributed by atoms with Crippen molar-refractivity contribution in [2.24, 2.45) is 0 Å². The number of ether oxygens (including phenoxy) is 2. The van der Waals surface area contributed by atoms with Crippen LogP contribution in [0.5, 0.6) is 5.75 Å². The number of hydrogen-bond donors (Lipinski definition) is 1. The SMILES string of the molecule is COc1ccc(/C(O)=C2\C(=O)C(=O)N(c3cccc(C(=O)OC(C)C)c3)C2c2cccc(C)c2)cc1. The van der Waals surface area contributed by atoms with Crippen molar-refractivity contribution in [3.8, 4) is 5.75 Å². The molecular formula is C29H27NO6. The van der Waals surface area contributed by atoms with E-state index in [1.165, 1.54) is 18.1 Å². The first-order valence-electron chi connectivity index (χ1n) is 11.5. The summed E-state index contributed by atoms with van der Waals surface area (Å²) in [4.78, 5) is 40.5. The minimum absolute atomic E-state index is 0.0362. The summed E-state index contributed by atoms with van der Waals surface area (Å²) in [5.41, 5.74) is 2.51. The average molecular weight is 486 g/mol. The molecule has 1 fully saturated rings. The fraction of sp³-hybridized carbons (Fsp3) is 0.207. The normalized spacial score (nSPS) is 16.9. The van der Waals surface area contributed by atoms with Crippen LogP contribution >= 0.6 is 0 Å². The molecule has 0 saturated carbocycles. The van der Waals surface area contributed by atoms with E-state index < -0.39 is 23.7 Å². The molecule has 0 aliphatic carbocycles. The lowest BCUT2D eigenvalue weighted by molar-refractivity contribution is -0.132. The second-order valence-electron chi connectivity index (χ2n) is 8.82. The van der Waals surface area contributed by atoms with Crippen molar-refractivity contribution in [1.82, 2.24) is 0 Å². The number of methoxy groups -OCH3 is 1. The fourth-order valence-electron chi connectivity index (χ4n) is 4.22. The van der Waals surface area contributed by atoms with Gasteiger partial charge in [-0.1, -0.05) is 35.9 Å². The van der Waals surface area contributed by atoms with Gasteiger partial charge in [0.25, 0.3) is 11.7 Å².